The van der Waals surface area contributed by atoms with Crippen molar-refractivity contribution in [1.29, 1.82) is 0 Å². The summed E-state index contributed by atoms with van der Waals surface area (Å²) < 4.78 is 0.899. The van der Waals surface area contributed by atoms with Crippen molar-refractivity contribution >= 4 is 21.9 Å². The molecule has 0 radical (unpaired) electrons. The predicted octanol–water partition coefficient (Wildman–Crippen LogP) is 4.05. The minimum absolute atomic E-state index is 0.330. The molecule has 0 spiro atoms. The van der Waals surface area contributed by atoms with Gasteiger partial charge in [-0.1, -0.05) is 35.8 Å². The van der Waals surface area contributed by atoms with Crippen LogP contribution in [0.25, 0.3) is 0 Å². The molecule has 0 fully saturated rings. The van der Waals surface area contributed by atoms with Crippen LogP contribution >= 0.6 is 15.9 Å². The van der Waals surface area contributed by atoms with Crippen LogP contribution in [0.15, 0.2) is 22.7 Å². The third-order valence-corrected chi connectivity index (χ3v) is 3.36. The lowest BCUT2D eigenvalue weighted by Gasteiger charge is -2.14. The van der Waals surface area contributed by atoms with Gasteiger partial charge in [0.25, 0.3) is 0 Å². The van der Waals surface area contributed by atoms with E-state index in [9.17, 15) is 4.79 Å². The molecule has 3 heteroatoms. The highest BCUT2D eigenvalue weighted by Gasteiger charge is 2.12. The molecule has 0 heterocycles. The SMILES string of the molecule is CCC(CC)c1ccc(C(=O)O)cc1Br. The van der Waals surface area contributed by atoms with Crippen LogP contribution in [0.4, 0.5) is 0 Å². The highest BCUT2D eigenvalue weighted by atomic mass is 79.9. The van der Waals surface area contributed by atoms with Crippen LogP contribution in [0.1, 0.15) is 48.5 Å². The summed E-state index contributed by atoms with van der Waals surface area (Å²) in [5, 5.41) is 8.83. The van der Waals surface area contributed by atoms with Gasteiger partial charge in [0, 0.05) is 4.47 Å². The number of carboxylic acids is 1. The maximum atomic E-state index is 10.8. The van der Waals surface area contributed by atoms with Crippen LogP contribution < -0.4 is 0 Å². The summed E-state index contributed by atoms with van der Waals surface area (Å²) in [6.45, 7) is 4.29. The Hall–Kier alpha value is -0.830. The van der Waals surface area contributed by atoms with Gasteiger partial charge in [-0.2, -0.15) is 0 Å². The summed E-state index contributed by atoms with van der Waals surface area (Å²) >= 11 is 3.43. The summed E-state index contributed by atoms with van der Waals surface area (Å²) in [6, 6.07) is 5.25. The van der Waals surface area contributed by atoms with Crippen molar-refractivity contribution in [3.8, 4) is 0 Å². The van der Waals surface area contributed by atoms with Gasteiger partial charge in [-0.25, -0.2) is 4.79 Å². The molecule has 0 saturated carbocycles. The first-order valence-electron chi connectivity index (χ1n) is 5.12. The third kappa shape index (κ3) is 2.81. The molecule has 1 N–H and O–H groups in total. The third-order valence-electron chi connectivity index (χ3n) is 2.67. The highest BCUT2D eigenvalue weighted by molar-refractivity contribution is 9.10. The van der Waals surface area contributed by atoms with Gasteiger partial charge in [0.1, 0.15) is 0 Å². The Balaban J connectivity index is 3.07. The summed E-state index contributed by atoms with van der Waals surface area (Å²) in [4.78, 5) is 10.8. The van der Waals surface area contributed by atoms with Gasteiger partial charge < -0.3 is 5.11 Å². The molecule has 82 valence electrons. The van der Waals surface area contributed by atoms with Gasteiger partial charge in [0.05, 0.1) is 5.56 Å². The molecule has 0 bridgehead atoms. The van der Waals surface area contributed by atoms with Gasteiger partial charge in [0.2, 0.25) is 0 Å². The van der Waals surface area contributed by atoms with Crippen LogP contribution in [0, 0.1) is 0 Å². The average Bonchev–Trinajstić information content (AvgIpc) is 2.21. The highest BCUT2D eigenvalue weighted by Crippen LogP contribution is 2.30. The minimum atomic E-state index is -0.883. The van der Waals surface area contributed by atoms with Crippen molar-refractivity contribution < 1.29 is 9.90 Å². The molecular formula is C12H15BrO2. The first kappa shape index (κ1) is 12.2. The second-order valence-electron chi connectivity index (χ2n) is 3.55. The second-order valence-corrected chi connectivity index (χ2v) is 4.41. The van der Waals surface area contributed by atoms with Crippen molar-refractivity contribution in [2.45, 2.75) is 32.6 Å². The molecule has 0 atom stereocenters. The fourth-order valence-corrected chi connectivity index (χ4v) is 2.42. The standard InChI is InChI=1S/C12H15BrO2/c1-3-8(4-2)10-6-5-9(12(14)15)7-11(10)13/h5-8H,3-4H2,1-2H3,(H,14,15). The Labute approximate surface area is 98.4 Å². The number of carbonyl (C=O) groups is 1. The smallest absolute Gasteiger partial charge is 0.335 e. The molecule has 1 aromatic rings. The zero-order chi connectivity index (χ0) is 11.4. The van der Waals surface area contributed by atoms with Crippen LogP contribution in [-0.4, -0.2) is 11.1 Å². The van der Waals surface area contributed by atoms with Crippen molar-refractivity contribution in [3.05, 3.63) is 33.8 Å². The van der Waals surface area contributed by atoms with E-state index in [4.69, 9.17) is 5.11 Å². The van der Waals surface area contributed by atoms with Gasteiger partial charge in [-0.15, -0.1) is 0 Å². The zero-order valence-electron chi connectivity index (χ0n) is 8.96. The summed E-state index contributed by atoms with van der Waals surface area (Å²) in [7, 11) is 0. The van der Waals surface area contributed by atoms with Gasteiger partial charge >= 0.3 is 5.97 Å². The van der Waals surface area contributed by atoms with E-state index in [1.165, 1.54) is 5.56 Å². The largest absolute Gasteiger partial charge is 0.478 e. The van der Waals surface area contributed by atoms with E-state index < -0.39 is 5.97 Å². The molecule has 0 aliphatic heterocycles. The number of carboxylic acid groups (broad SMARTS) is 1. The topological polar surface area (TPSA) is 37.3 Å². The quantitative estimate of drug-likeness (QED) is 0.896. The number of aromatic carboxylic acids is 1. The molecule has 0 amide bonds. The van der Waals surface area contributed by atoms with E-state index in [-0.39, 0.29) is 0 Å². The summed E-state index contributed by atoms with van der Waals surface area (Å²) in [5.41, 5.74) is 1.53. The van der Waals surface area contributed by atoms with Gasteiger partial charge in [-0.3, -0.25) is 0 Å². The molecular weight excluding hydrogens is 256 g/mol. The van der Waals surface area contributed by atoms with E-state index in [1.807, 2.05) is 6.07 Å². The predicted molar refractivity (Wildman–Crippen MR) is 64.4 cm³/mol. The first-order chi connectivity index (χ1) is 7.10. The monoisotopic (exact) mass is 270 g/mol. The van der Waals surface area contributed by atoms with E-state index in [2.05, 4.69) is 29.8 Å². The fraction of sp³-hybridized carbons (Fsp3) is 0.417. The van der Waals surface area contributed by atoms with Crippen molar-refractivity contribution in [2.24, 2.45) is 0 Å². The Morgan fingerprint density at radius 3 is 2.40 bits per heavy atom. The maximum absolute atomic E-state index is 10.8. The Bertz CT molecular complexity index is 357. The van der Waals surface area contributed by atoms with Crippen LogP contribution in [-0.2, 0) is 0 Å². The van der Waals surface area contributed by atoms with E-state index >= 15 is 0 Å². The molecule has 0 aliphatic carbocycles. The van der Waals surface area contributed by atoms with Crippen molar-refractivity contribution in [3.63, 3.8) is 0 Å². The minimum Gasteiger partial charge on any atom is -0.478 e. The lowest BCUT2D eigenvalue weighted by Crippen LogP contribution is -2.00. The molecule has 1 rings (SSSR count). The number of hydrogen-bond donors (Lipinski definition) is 1. The second kappa shape index (κ2) is 5.31. The molecule has 0 aromatic heterocycles. The summed E-state index contributed by atoms with van der Waals surface area (Å²) in [5.74, 6) is -0.381. The molecule has 0 unspecified atom stereocenters. The number of rotatable bonds is 4. The van der Waals surface area contributed by atoms with E-state index in [0.29, 0.717) is 11.5 Å². The Kier molecular flexibility index (Phi) is 4.33. The Morgan fingerprint density at radius 1 is 1.40 bits per heavy atom. The molecule has 0 aliphatic rings. The molecule has 2 nitrogen and oxygen atoms in total. The lowest BCUT2D eigenvalue weighted by molar-refractivity contribution is 0.0697. The van der Waals surface area contributed by atoms with E-state index in [1.54, 1.807) is 12.1 Å². The fourth-order valence-electron chi connectivity index (χ4n) is 1.72. The molecule has 1 aromatic carbocycles. The van der Waals surface area contributed by atoms with Crippen LogP contribution in [0.3, 0.4) is 0 Å². The van der Waals surface area contributed by atoms with E-state index in [0.717, 1.165) is 17.3 Å². The maximum Gasteiger partial charge on any atom is 0.335 e. The Morgan fingerprint density at radius 2 is 2.00 bits per heavy atom. The molecule has 15 heavy (non-hydrogen) atoms. The normalized spacial score (nSPS) is 10.7. The van der Waals surface area contributed by atoms with Gasteiger partial charge in [0.15, 0.2) is 0 Å². The zero-order valence-corrected chi connectivity index (χ0v) is 10.5. The van der Waals surface area contributed by atoms with Gasteiger partial charge in [-0.05, 0) is 36.5 Å². The van der Waals surface area contributed by atoms with Crippen LogP contribution in [0.5, 0.6) is 0 Å². The number of benzene rings is 1. The molecule has 0 saturated heterocycles. The van der Waals surface area contributed by atoms with Crippen molar-refractivity contribution in [1.82, 2.24) is 0 Å². The van der Waals surface area contributed by atoms with Crippen molar-refractivity contribution in [2.75, 3.05) is 0 Å². The lowest BCUT2D eigenvalue weighted by atomic mass is 9.93. The average molecular weight is 271 g/mol. The first-order valence-corrected chi connectivity index (χ1v) is 5.92. The van der Waals surface area contributed by atoms with Crippen LogP contribution in [0.2, 0.25) is 0 Å². The number of halogens is 1. The summed E-state index contributed by atoms with van der Waals surface area (Å²) in [6.07, 6.45) is 2.14. The number of hydrogen-bond acceptors (Lipinski definition) is 1.